The topological polar surface area (TPSA) is 77.9 Å². The van der Waals surface area contributed by atoms with Gasteiger partial charge in [0, 0.05) is 32.2 Å². The molecule has 2 aliphatic rings. The van der Waals surface area contributed by atoms with Crippen molar-refractivity contribution in [3.8, 4) is 0 Å². The van der Waals surface area contributed by atoms with Crippen LogP contribution in [0.5, 0.6) is 0 Å². The van der Waals surface area contributed by atoms with Gasteiger partial charge >= 0.3 is 5.97 Å². The zero-order valence-corrected chi connectivity index (χ0v) is 11.4. The summed E-state index contributed by atoms with van der Waals surface area (Å²) in [5, 5.41) is 9.16. The first-order chi connectivity index (χ1) is 8.39. The summed E-state index contributed by atoms with van der Waals surface area (Å²) in [5.41, 5.74) is 0. The van der Waals surface area contributed by atoms with Gasteiger partial charge in [0.2, 0.25) is 10.0 Å². The molecule has 104 valence electrons. The number of hydrogen-bond donors (Lipinski definition) is 1. The number of hydrogen-bond acceptors (Lipinski definition) is 4. The highest BCUT2D eigenvalue weighted by molar-refractivity contribution is 7.88. The van der Waals surface area contributed by atoms with Gasteiger partial charge in [-0.1, -0.05) is 6.42 Å². The van der Waals surface area contributed by atoms with E-state index < -0.39 is 16.0 Å². The Morgan fingerprint density at radius 1 is 1.17 bits per heavy atom. The van der Waals surface area contributed by atoms with E-state index in [9.17, 15) is 13.2 Å². The van der Waals surface area contributed by atoms with Crippen LogP contribution in [-0.4, -0.2) is 67.2 Å². The number of carbonyl (C=O) groups is 1. The molecule has 1 saturated carbocycles. The first kappa shape index (κ1) is 13.8. The smallest absolute Gasteiger partial charge is 0.308 e. The third-order valence-electron chi connectivity index (χ3n) is 4.01. The zero-order chi connectivity index (χ0) is 13.3. The molecule has 2 fully saturated rings. The third-order valence-corrected chi connectivity index (χ3v) is 5.31. The monoisotopic (exact) mass is 276 g/mol. The minimum atomic E-state index is -3.11. The van der Waals surface area contributed by atoms with Gasteiger partial charge < -0.3 is 5.11 Å². The first-order valence-electron chi connectivity index (χ1n) is 6.31. The Morgan fingerprint density at radius 3 is 2.28 bits per heavy atom. The predicted octanol–water partition coefficient (Wildman–Crippen LogP) is -0.183. The second-order valence-corrected chi connectivity index (χ2v) is 7.12. The molecule has 1 aliphatic heterocycles. The number of aliphatic carboxylic acids is 1. The second kappa shape index (κ2) is 5.14. The fourth-order valence-electron chi connectivity index (χ4n) is 3.03. The average molecular weight is 276 g/mol. The predicted molar refractivity (Wildman–Crippen MR) is 66.8 cm³/mol. The van der Waals surface area contributed by atoms with E-state index in [0.29, 0.717) is 26.2 Å². The SMILES string of the molecule is CS(=O)(=O)N1CCN(C2CCCC2C(=O)O)CC1. The Labute approximate surface area is 108 Å². The number of piperazine rings is 1. The summed E-state index contributed by atoms with van der Waals surface area (Å²) in [6.07, 6.45) is 3.83. The molecule has 18 heavy (non-hydrogen) atoms. The van der Waals surface area contributed by atoms with Gasteiger partial charge in [0.25, 0.3) is 0 Å². The number of carboxylic acid groups (broad SMARTS) is 1. The molecule has 0 aromatic heterocycles. The Hall–Kier alpha value is -0.660. The van der Waals surface area contributed by atoms with Gasteiger partial charge in [0.1, 0.15) is 0 Å². The molecule has 0 amide bonds. The van der Waals surface area contributed by atoms with Crippen LogP contribution in [0.25, 0.3) is 0 Å². The summed E-state index contributed by atoms with van der Waals surface area (Å²) in [4.78, 5) is 13.3. The van der Waals surface area contributed by atoms with E-state index >= 15 is 0 Å². The minimum Gasteiger partial charge on any atom is -0.481 e. The van der Waals surface area contributed by atoms with E-state index in [2.05, 4.69) is 4.90 Å². The normalized spacial score (nSPS) is 31.6. The third kappa shape index (κ3) is 2.84. The molecular formula is C11H20N2O4S. The summed E-state index contributed by atoms with van der Waals surface area (Å²) in [5.74, 6) is -1.00. The van der Waals surface area contributed by atoms with Crippen molar-refractivity contribution in [1.82, 2.24) is 9.21 Å². The molecule has 1 aliphatic carbocycles. The molecule has 0 bridgehead atoms. The lowest BCUT2D eigenvalue weighted by Gasteiger charge is -2.38. The van der Waals surface area contributed by atoms with Gasteiger partial charge in [-0.3, -0.25) is 9.69 Å². The zero-order valence-electron chi connectivity index (χ0n) is 10.6. The van der Waals surface area contributed by atoms with Crippen LogP contribution in [0.1, 0.15) is 19.3 Å². The standard InChI is InChI=1S/C11H20N2O4S/c1-18(16,17)13-7-5-12(6-8-13)10-4-2-3-9(10)11(14)15/h9-10H,2-8H2,1H3,(H,14,15). The molecule has 0 aromatic carbocycles. The Bertz CT molecular complexity index is 415. The molecule has 7 heteroatoms. The van der Waals surface area contributed by atoms with Gasteiger partial charge in [0.05, 0.1) is 12.2 Å². The van der Waals surface area contributed by atoms with Crippen LogP contribution in [-0.2, 0) is 14.8 Å². The number of nitrogens with zero attached hydrogens (tertiary/aromatic N) is 2. The van der Waals surface area contributed by atoms with Crippen LogP contribution < -0.4 is 0 Å². The summed E-state index contributed by atoms with van der Waals surface area (Å²) in [7, 11) is -3.11. The van der Waals surface area contributed by atoms with Crippen LogP contribution in [0, 0.1) is 5.92 Å². The van der Waals surface area contributed by atoms with Crippen molar-refractivity contribution in [3.63, 3.8) is 0 Å². The molecule has 1 heterocycles. The minimum absolute atomic E-state index is 0.0872. The summed E-state index contributed by atoms with van der Waals surface area (Å²) in [6.45, 7) is 2.23. The highest BCUT2D eigenvalue weighted by Gasteiger charge is 2.38. The van der Waals surface area contributed by atoms with E-state index in [1.165, 1.54) is 10.6 Å². The fraction of sp³-hybridized carbons (Fsp3) is 0.909. The van der Waals surface area contributed by atoms with Crippen molar-refractivity contribution in [2.24, 2.45) is 5.92 Å². The Kier molecular flexibility index (Phi) is 3.93. The quantitative estimate of drug-likeness (QED) is 0.773. The van der Waals surface area contributed by atoms with Crippen LogP contribution in [0.2, 0.25) is 0 Å². The van der Waals surface area contributed by atoms with Gasteiger partial charge in [-0.15, -0.1) is 0 Å². The van der Waals surface area contributed by atoms with Gasteiger partial charge in [0.15, 0.2) is 0 Å². The lowest BCUT2D eigenvalue weighted by atomic mass is 10.0. The van der Waals surface area contributed by atoms with Crippen molar-refractivity contribution in [1.29, 1.82) is 0 Å². The maximum atomic E-state index is 11.4. The van der Waals surface area contributed by atoms with Crippen molar-refractivity contribution < 1.29 is 18.3 Å². The molecule has 0 radical (unpaired) electrons. The van der Waals surface area contributed by atoms with E-state index in [1.807, 2.05) is 0 Å². The van der Waals surface area contributed by atoms with Crippen molar-refractivity contribution >= 4 is 16.0 Å². The molecule has 1 saturated heterocycles. The number of sulfonamides is 1. The molecule has 2 atom stereocenters. The van der Waals surface area contributed by atoms with Crippen molar-refractivity contribution in [2.45, 2.75) is 25.3 Å². The van der Waals surface area contributed by atoms with E-state index in [-0.39, 0.29) is 12.0 Å². The number of carboxylic acids is 1. The Morgan fingerprint density at radius 2 is 1.78 bits per heavy atom. The fourth-order valence-corrected chi connectivity index (χ4v) is 3.86. The van der Waals surface area contributed by atoms with Crippen LogP contribution in [0.4, 0.5) is 0 Å². The van der Waals surface area contributed by atoms with E-state index in [4.69, 9.17) is 5.11 Å². The van der Waals surface area contributed by atoms with Crippen LogP contribution in [0.3, 0.4) is 0 Å². The highest BCUT2D eigenvalue weighted by atomic mass is 32.2. The summed E-state index contributed by atoms with van der Waals surface area (Å²) < 4.78 is 24.3. The number of rotatable bonds is 3. The molecule has 1 N–H and O–H groups in total. The van der Waals surface area contributed by atoms with Crippen LogP contribution in [0.15, 0.2) is 0 Å². The highest BCUT2D eigenvalue weighted by Crippen LogP contribution is 2.30. The molecule has 0 aromatic rings. The maximum Gasteiger partial charge on any atom is 0.308 e. The molecular weight excluding hydrogens is 256 g/mol. The van der Waals surface area contributed by atoms with Crippen molar-refractivity contribution in [2.75, 3.05) is 32.4 Å². The molecule has 6 nitrogen and oxygen atoms in total. The van der Waals surface area contributed by atoms with Crippen molar-refractivity contribution in [3.05, 3.63) is 0 Å². The molecule has 2 rings (SSSR count). The largest absolute Gasteiger partial charge is 0.481 e. The van der Waals surface area contributed by atoms with E-state index in [1.54, 1.807) is 0 Å². The molecule has 0 spiro atoms. The average Bonchev–Trinajstić information content (AvgIpc) is 2.77. The van der Waals surface area contributed by atoms with Crippen LogP contribution >= 0.6 is 0 Å². The van der Waals surface area contributed by atoms with E-state index in [0.717, 1.165) is 19.3 Å². The maximum absolute atomic E-state index is 11.4. The van der Waals surface area contributed by atoms with Gasteiger partial charge in [-0.05, 0) is 12.8 Å². The van der Waals surface area contributed by atoms with Gasteiger partial charge in [-0.25, -0.2) is 8.42 Å². The summed E-state index contributed by atoms with van der Waals surface area (Å²) >= 11 is 0. The lowest BCUT2D eigenvalue weighted by molar-refractivity contribution is -0.143. The summed E-state index contributed by atoms with van der Waals surface area (Å²) in [6, 6.07) is 0.0872. The molecule has 2 unspecified atom stereocenters. The lowest BCUT2D eigenvalue weighted by Crippen LogP contribution is -2.53. The first-order valence-corrected chi connectivity index (χ1v) is 8.16. The second-order valence-electron chi connectivity index (χ2n) is 5.14. The Balaban J connectivity index is 1.95. The van der Waals surface area contributed by atoms with Gasteiger partial charge in [-0.2, -0.15) is 4.31 Å².